The second-order valence-electron chi connectivity index (χ2n) is 16.8. The second kappa shape index (κ2) is 15.4. The zero-order chi connectivity index (χ0) is 43.5. The van der Waals surface area contributed by atoms with Crippen molar-refractivity contribution in [1.29, 1.82) is 0 Å². The topological polar surface area (TPSA) is 51.8 Å². The van der Waals surface area contributed by atoms with Gasteiger partial charge in [-0.25, -0.2) is 15.0 Å². The van der Waals surface area contributed by atoms with Crippen molar-refractivity contribution in [1.82, 2.24) is 15.0 Å². The maximum Gasteiger partial charge on any atom is 0.164 e. The molecule has 0 spiro atoms. The normalized spacial score (nSPS) is 13.1. The predicted molar refractivity (Wildman–Crippen MR) is 269 cm³/mol. The quantitative estimate of drug-likeness (QED) is 0.143. The summed E-state index contributed by atoms with van der Waals surface area (Å²) >= 11 is 0. The van der Waals surface area contributed by atoms with Gasteiger partial charge in [0, 0.05) is 27.5 Å². The number of nitrogens with zero attached hydrogens (tertiary/aromatic N) is 3. The lowest BCUT2D eigenvalue weighted by Gasteiger charge is -2.34. The second-order valence-corrected chi connectivity index (χ2v) is 16.8. The Bertz CT molecular complexity index is 3710. The SMILES string of the molecule is C=C(/C=C\C=C/C)C1(c2ccc3c(c2)oc2cccc(-c4nc(-c5ccc(-c6ccc7ccccc7c6)cc5)nc(-c5ccc6ccccc6c5)n4)c23)c2ccccc2-c2ccccc21. The van der Waals surface area contributed by atoms with Gasteiger partial charge in [0.15, 0.2) is 17.5 Å². The zero-order valence-electron chi connectivity index (χ0n) is 35.7. The van der Waals surface area contributed by atoms with E-state index < -0.39 is 5.41 Å². The fourth-order valence-electron chi connectivity index (χ4n) is 9.99. The number of aromatic nitrogens is 3. The van der Waals surface area contributed by atoms with Crippen LogP contribution in [0.2, 0.25) is 0 Å². The summed E-state index contributed by atoms with van der Waals surface area (Å²) in [6, 6.07) is 68.6. The van der Waals surface area contributed by atoms with Crippen molar-refractivity contribution in [2.24, 2.45) is 0 Å². The number of hydrogen-bond donors (Lipinski definition) is 0. The first-order valence-corrected chi connectivity index (χ1v) is 22.1. The molecule has 0 unspecified atom stereocenters. The highest BCUT2D eigenvalue weighted by Crippen LogP contribution is 2.56. The van der Waals surface area contributed by atoms with Crippen LogP contribution >= 0.6 is 0 Å². The van der Waals surface area contributed by atoms with E-state index in [9.17, 15) is 0 Å². The number of allylic oxidation sites excluding steroid dienone is 5. The monoisotopic (exact) mass is 831 g/mol. The minimum atomic E-state index is -0.636. The van der Waals surface area contributed by atoms with Gasteiger partial charge in [0.2, 0.25) is 0 Å². The molecule has 12 rings (SSSR count). The fourth-order valence-corrected chi connectivity index (χ4v) is 9.99. The van der Waals surface area contributed by atoms with Crippen molar-refractivity contribution < 1.29 is 4.42 Å². The smallest absolute Gasteiger partial charge is 0.164 e. The van der Waals surface area contributed by atoms with E-state index in [4.69, 9.17) is 25.9 Å². The van der Waals surface area contributed by atoms with Crippen molar-refractivity contribution in [3.63, 3.8) is 0 Å². The summed E-state index contributed by atoms with van der Waals surface area (Å²) in [7, 11) is 0. The Balaban J connectivity index is 1.02. The molecule has 0 radical (unpaired) electrons. The molecule has 11 aromatic rings. The molecule has 65 heavy (non-hydrogen) atoms. The van der Waals surface area contributed by atoms with Gasteiger partial charge >= 0.3 is 0 Å². The highest BCUT2D eigenvalue weighted by Gasteiger charge is 2.46. The first-order chi connectivity index (χ1) is 32.1. The molecule has 1 aliphatic rings. The van der Waals surface area contributed by atoms with Crippen molar-refractivity contribution in [2.45, 2.75) is 12.3 Å². The largest absolute Gasteiger partial charge is 0.456 e. The molecule has 4 heteroatoms. The van der Waals surface area contributed by atoms with Gasteiger partial charge in [-0.1, -0.05) is 201 Å². The average Bonchev–Trinajstić information content (AvgIpc) is 3.90. The van der Waals surface area contributed by atoms with Crippen LogP contribution in [-0.4, -0.2) is 15.0 Å². The molecule has 2 aromatic heterocycles. The van der Waals surface area contributed by atoms with Gasteiger partial charge in [-0.3, -0.25) is 0 Å². The van der Waals surface area contributed by atoms with Crippen LogP contribution in [0.4, 0.5) is 0 Å². The van der Waals surface area contributed by atoms with Crippen molar-refractivity contribution >= 4 is 43.5 Å². The summed E-state index contributed by atoms with van der Waals surface area (Å²) in [4.78, 5) is 15.7. The molecule has 0 saturated heterocycles. The summed E-state index contributed by atoms with van der Waals surface area (Å²) in [6.45, 7) is 6.80. The summed E-state index contributed by atoms with van der Waals surface area (Å²) in [6.07, 6.45) is 8.30. The molecule has 2 heterocycles. The molecule has 0 saturated carbocycles. The maximum atomic E-state index is 6.84. The lowest BCUT2D eigenvalue weighted by molar-refractivity contribution is 0.665. The van der Waals surface area contributed by atoms with Crippen LogP contribution in [0.25, 0.3) is 99.9 Å². The summed E-state index contributed by atoms with van der Waals surface area (Å²) in [5, 5.41) is 6.66. The van der Waals surface area contributed by atoms with E-state index in [0.29, 0.717) is 17.5 Å². The molecule has 0 amide bonds. The Labute approximate surface area is 377 Å². The van der Waals surface area contributed by atoms with E-state index in [0.717, 1.165) is 71.7 Å². The summed E-state index contributed by atoms with van der Waals surface area (Å²) in [5.41, 5.74) is 12.8. The molecular weight excluding hydrogens is 791 g/mol. The van der Waals surface area contributed by atoms with Crippen LogP contribution in [-0.2, 0) is 5.41 Å². The number of fused-ring (bicyclic) bond motifs is 8. The highest BCUT2D eigenvalue weighted by molar-refractivity contribution is 6.12. The van der Waals surface area contributed by atoms with Crippen LogP contribution in [0, 0.1) is 0 Å². The molecule has 0 N–H and O–H groups in total. The molecule has 306 valence electrons. The van der Waals surface area contributed by atoms with Gasteiger partial charge in [0.25, 0.3) is 0 Å². The van der Waals surface area contributed by atoms with Gasteiger partial charge in [0.05, 0.1) is 5.41 Å². The first kappa shape index (κ1) is 38.2. The standard InChI is InChI=1S/C61H41N3O/c1-3-4-5-15-39(2)61(53-23-12-10-20-49(53)50-21-11-13-24-54(50)61)48-34-35-51-56(38-48)65-55-25-14-22-52(57(51)55)60-63-58(62-59(64-60)47-33-29-41-17-7-9-19-45(41)37-47)43-30-26-42(27-31-43)46-32-28-40-16-6-8-18-44(40)36-46/h3-38H,2H2,1H3/b4-3-,15-5-. The van der Waals surface area contributed by atoms with Gasteiger partial charge in [-0.2, -0.15) is 0 Å². The Morgan fingerprint density at radius 3 is 1.71 bits per heavy atom. The molecule has 0 bridgehead atoms. The van der Waals surface area contributed by atoms with Crippen LogP contribution in [0.5, 0.6) is 0 Å². The van der Waals surface area contributed by atoms with Gasteiger partial charge in [-0.05, 0) is 97.3 Å². The van der Waals surface area contributed by atoms with Gasteiger partial charge in [-0.15, -0.1) is 0 Å². The van der Waals surface area contributed by atoms with Crippen molar-refractivity contribution in [2.75, 3.05) is 0 Å². The van der Waals surface area contributed by atoms with Crippen molar-refractivity contribution in [3.05, 3.63) is 247 Å². The van der Waals surface area contributed by atoms with E-state index in [2.05, 4.69) is 200 Å². The third-order valence-corrected chi connectivity index (χ3v) is 13.1. The molecule has 9 aromatic carbocycles. The fraction of sp³-hybridized carbons (Fsp3) is 0.0328. The predicted octanol–water partition coefficient (Wildman–Crippen LogP) is 15.7. The summed E-state index contributed by atoms with van der Waals surface area (Å²) in [5.74, 6) is 1.78. The molecule has 1 aliphatic carbocycles. The average molecular weight is 832 g/mol. The third-order valence-electron chi connectivity index (χ3n) is 13.1. The number of hydrogen-bond acceptors (Lipinski definition) is 4. The molecule has 0 fully saturated rings. The lowest BCUT2D eigenvalue weighted by atomic mass is 9.67. The maximum absolute atomic E-state index is 6.84. The number of rotatable bonds is 8. The molecule has 0 atom stereocenters. The third kappa shape index (κ3) is 6.25. The van der Waals surface area contributed by atoms with Crippen LogP contribution in [0.3, 0.4) is 0 Å². The zero-order valence-corrected chi connectivity index (χ0v) is 35.7. The minimum Gasteiger partial charge on any atom is -0.456 e. The Hall–Kier alpha value is -8.47. The van der Waals surface area contributed by atoms with E-state index in [1.54, 1.807) is 0 Å². The molecular formula is C61H41N3O. The van der Waals surface area contributed by atoms with Crippen LogP contribution < -0.4 is 0 Å². The Kier molecular flexibility index (Phi) is 9.06. The van der Waals surface area contributed by atoms with E-state index in [1.165, 1.54) is 33.0 Å². The Morgan fingerprint density at radius 2 is 1.02 bits per heavy atom. The molecule has 0 aliphatic heterocycles. The van der Waals surface area contributed by atoms with E-state index in [-0.39, 0.29) is 0 Å². The minimum absolute atomic E-state index is 0.576. The van der Waals surface area contributed by atoms with Crippen LogP contribution in [0.15, 0.2) is 235 Å². The number of benzene rings is 9. The number of furan rings is 1. The van der Waals surface area contributed by atoms with Crippen molar-refractivity contribution in [3.8, 4) is 56.4 Å². The lowest BCUT2D eigenvalue weighted by Crippen LogP contribution is -2.28. The van der Waals surface area contributed by atoms with Crippen LogP contribution in [0.1, 0.15) is 23.6 Å². The van der Waals surface area contributed by atoms with E-state index in [1.807, 2.05) is 25.1 Å². The summed E-state index contributed by atoms with van der Waals surface area (Å²) < 4.78 is 6.84. The van der Waals surface area contributed by atoms with Gasteiger partial charge in [0.1, 0.15) is 11.2 Å². The molecule has 4 nitrogen and oxygen atoms in total. The highest BCUT2D eigenvalue weighted by atomic mass is 16.3. The Morgan fingerprint density at radius 1 is 0.462 bits per heavy atom. The first-order valence-electron chi connectivity index (χ1n) is 22.1. The van der Waals surface area contributed by atoms with Gasteiger partial charge < -0.3 is 4.42 Å². The van der Waals surface area contributed by atoms with E-state index >= 15 is 0 Å².